The fourth-order valence-electron chi connectivity index (χ4n) is 3.56. The number of aryl methyl sites for hydroxylation is 1. The van der Waals surface area contributed by atoms with Crippen molar-refractivity contribution in [3.05, 3.63) is 60.9 Å². The van der Waals surface area contributed by atoms with Crippen LogP contribution in [-0.4, -0.2) is 45.2 Å². The van der Waals surface area contributed by atoms with E-state index < -0.39 is 0 Å². The number of rotatable bonds is 4. The molecule has 0 bridgehead atoms. The van der Waals surface area contributed by atoms with Gasteiger partial charge in [-0.05, 0) is 43.5 Å². The number of hydrogen-bond acceptors (Lipinski definition) is 8. The molecule has 0 unspecified atom stereocenters. The van der Waals surface area contributed by atoms with Gasteiger partial charge in [0, 0.05) is 44.2 Å². The number of nitrogens with one attached hydrogen (secondary N) is 1. The Hall–Kier alpha value is -3.68. The van der Waals surface area contributed by atoms with Crippen molar-refractivity contribution in [2.75, 3.05) is 35.3 Å². The van der Waals surface area contributed by atoms with Crippen molar-refractivity contribution in [1.82, 2.24) is 19.9 Å². The minimum atomic E-state index is -0.0967. The summed E-state index contributed by atoms with van der Waals surface area (Å²) >= 11 is 0. The monoisotopic (exact) mass is 403 g/mol. The van der Waals surface area contributed by atoms with Crippen LogP contribution in [0, 0.1) is 6.92 Å². The molecular formula is C22H25N7O. The third kappa shape index (κ3) is 4.03. The van der Waals surface area contributed by atoms with Crippen molar-refractivity contribution in [2.45, 2.75) is 19.8 Å². The molecule has 3 aromatic heterocycles. The molecule has 4 heterocycles. The summed E-state index contributed by atoms with van der Waals surface area (Å²) in [5.41, 5.74) is 4.03. The normalized spacial score (nSPS) is 13.9. The van der Waals surface area contributed by atoms with E-state index in [0.29, 0.717) is 11.6 Å². The van der Waals surface area contributed by atoms with Crippen LogP contribution in [0.4, 0.5) is 17.3 Å². The van der Waals surface area contributed by atoms with Crippen LogP contribution < -0.4 is 15.1 Å². The zero-order valence-electron chi connectivity index (χ0n) is 17.2. The highest BCUT2D eigenvalue weighted by atomic mass is 16.3. The van der Waals surface area contributed by atoms with Gasteiger partial charge in [-0.1, -0.05) is 6.58 Å². The van der Waals surface area contributed by atoms with Crippen LogP contribution in [0.1, 0.15) is 18.4 Å². The minimum absolute atomic E-state index is 0.0967. The van der Waals surface area contributed by atoms with E-state index in [1.165, 1.54) is 12.4 Å². The van der Waals surface area contributed by atoms with Gasteiger partial charge in [0.25, 0.3) is 0 Å². The van der Waals surface area contributed by atoms with Gasteiger partial charge in [-0.2, -0.15) is 0 Å². The summed E-state index contributed by atoms with van der Waals surface area (Å²) in [7, 11) is 2.08. The van der Waals surface area contributed by atoms with Crippen LogP contribution in [0.25, 0.3) is 11.3 Å². The Labute approximate surface area is 176 Å². The summed E-state index contributed by atoms with van der Waals surface area (Å²) in [5.74, 6) is 1.84. The lowest BCUT2D eigenvalue weighted by Crippen LogP contribution is -2.33. The largest absolute Gasteiger partial charge is 0.493 e. The second-order valence-corrected chi connectivity index (χ2v) is 7.34. The van der Waals surface area contributed by atoms with Gasteiger partial charge in [0.15, 0.2) is 5.82 Å². The molecule has 0 saturated carbocycles. The predicted molar refractivity (Wildman–Crippen MR) is 119 cm³/mol. The van der Waals surface area contributed by atoms with Gasteiger partial charge >= 0.3 is 0 Å². The van der Waals surface area contributed by atoms with Gasteiger partial charge in [0.05, 0.1) is 11.4 Å². The van der Waals surface area contributed by atoms with Gasteiger partial charge in [0.2, 0.25) is 5.88 Å². The van der Waals surface area contributed by atoms with E-state index in [9.17, 15) is 5.11 Å². The third-order valence-corrected chi connectivity index (χ3v) is 5.21. The van der Waals surface area contributed by atoms with Crippen LogP contribution in [0.15, 0.2) is 55.4 Å². The lowest BCUT2D eigenvalue weighted by molar-refractivity contribution is 0.452. The molecule has 154 valence electrons. The number of nitrogens with zero attached hydrogens (tertiary/aromatic N) is 6. The van der Waals surface area contributed by atoms with Crippen molar-refractivity contribution in [1.29, 1.82) is 0 Å². The van der Waals surface area contributed by atoms with Gasteiger partial charge in [-0.25, -0.2) is 15.0 Å². The predicted octanol–water partition coefficient (Wildman–Crippen LogP) is 3.57. The molecule has 2 N–H and O–H groups in total. The maximum atomic E-state index is 9.64. The Morgan fingerprint density at radius 3 is 2.80 bits per heavy atom. The summed E-state index contributed by atoms with van der Waals surface area (Å²) in [6.45, 7) is 8.01. The molecule has 0 fully saturated rings. The van der Waals surface area contributed by atoms with E-state index in [1.54, 1.807) is 6.20 Å². The van der Waals surface area contributed by atoms with Gasteiger partial charge in [0.1, 0.15) is 18.0 Å². The van der Waals surface area contributed by atoms with Crippen LogP contribution in [0.3, 0.4) is 0 Å². The van der Waals surface area contributed by atoms with E-state index in [-0.39, 0.29) is 5.88 Å². The van der Waals surface area contributed by atoms with Crippen LogP contribution in [0.5, 0.6) is 5.88 Å². The standard InChI is InChI=1S/C22H25N7O/c1-15-8-9-23-13-17(15)18-6-7-19-22(27-18)29(11-5-4-10-28(19)3)16(2)26-20-12-21(30)25-14-24-20/h6-9,12-14H,2,4-5,10-11H2,1,3H3,(H2,24,25,26,30). The Kier molecular flexibility index (Phi) is 5.47. The number of hydrogen-bond donors (Lipinski definition) is 2. The van der Waals surface area contributed by atoms with Crippen molar-refractivity contribution >= 4 is 17.3 Å². The highest BCUT2D eigenvalue weighted by Gasteiger charge is 2.22. The lowest BCUT2D eigenvalue weighted by Gasteiger charge is -2.33. The minimum Gasteiger partial charge on any atom is -0.493 e. The first-order chi connectivity index (χ1) is 14.5. The Bertz CT molecular complexity index is 1070. The first kappa shape index (κ1) is 19.6. The first-order valence-corrected chi connectivity index (χ1v) is 9.90. The summed E-state index contributed by atoms with van der Waals surface area (Å²) in [5, 5.41) is 12.8. The highest BCUT2D eigenvalue weighted by molar-refractivity contribution is 5.75. The van der Waals surface area contributed by atoms with E-state index >= 15 is 0 Å². The van der Waals surface area contributed by atoms with Crippen molar-refractivity contribution < 1.29 is 5.11 Å². The van der Waals surface area contributed by atoms with E-state index in [4.69, 9.17) is 4.98 Å². The quantitative estimate of drug-likeness (QED) is 0.683. The fraction of sp³-hybridized carbons (Fsp3) is 0.273. The Morgan fingerprint density at radius 1 is 1.17 bits per heavy atom. The molecule has 0 spiro atoms. The Balaban J connectivity index is 1.74. The molecule has 3 aromatic rings. The zero-order chi connectivity index (χ0) is 21.1. The number of anilines is 3. The SMILES string of the molecule is C=C(Nc1cc(O)ncn1)N1CCCCN(C)c2ccc(-c3cnccc3C)nc21. The summed E-state index contributed by atoms with van der Waals surface area (Å²) in [6.07, 6.45) is 7.00. The molecule has 0 amide bonds. The van der Waals surface area contributed by atoms with Crippen molar-refractivity contribution in [2.24, 2.45) is 0 Å². The molecule has 4 rings (SSSR count). The molecule has 0 atom stereocenters. The molecule has 30 heavy (non-hydrogen) atoms. The number of aromatic hydroxyl groups is 1. The van der Waals surface area contributed by atoms with Crippen molar-refractivity contribution in [3.8, 4) is 17.1 Å². The molecule has 0 aliphatic carbocycles. The average Bonchev–Trinajstić information content (AvgIpc) is 2.72. The van der Waals surface area contributed by atoms with Gasteiger partial charge < -0.3 is 20.2 Å². The molecule has 0 radical (unpaired) electrons. The number of fused-ring (bicyclic) bond motifs is 1. The maximum Gasteiger partial charge on any atom is 0.215 e. The second kappa shape index (κ2) is 8.36. The van der Waals surface area contributed by atoms with Crippen LogP contribution in [-0.2, 0) is 0 Å². The van der Waals surface area contributed by atoms with E-state index in [1.807, 2.05) is 18.3 Å². The molecule has 8 nitrogen and oxygen atoms in total. The Morgan fingerprint density at radius 2 is 2.00 bits per heavy atom. The fourth-order valence-corrected chi connectivity index (χ4v) is 3.56. The average molecular weight is 403 g/mol. The highest BCUT2D eigenvalue weighted by Crippen LogP contribution is 2.34. The summed E-state index contributed by atoms with van der Waals surface area (Å²) < 4.78 is 0. The third-order valence-electron chi connectivity index (χ3n) is 5.21. The molecule has 8 heteroatoms. The second-order valence-electron chi connectivity index (χ2n) is 7.34. The first-order valence-electron chi connectivity index (χ1n) is 9.90. The molecule has 0 saturated heterocycles. The van der Waals surface area contributed by atoms with E-state index in [2.05, 4.69) is 56.7 Å². The lowest BCUT2D eigenvalue weighted by atomic mass is 10.1. The van der Waals surface area contributed by atoms with Gasteiger partial charge in [-0.3, -0.25) is 4.98 Å². The topological polar surface area (TPSA) is 90.3 Å². The smallest absolute Gasteiger partial charge is 0.215 e. The maximum absolute atomic E-state index is 9.64. The number of pyridine rings is 2. The van der Waals surface area contributed by atoms with Crippen LogP contribution in [0.2, 0.25) is 0 Å². The summed E-state index contributed by atoms with van der Waals surface area (Å²) in [6, 6.07) is 7.59. The molecular weight excluding hydrogens is 378 g/mol. The van der Waals surface area contributed by atoms with Crippen LogP contribution >= 0.6 is 0 Å². The van der Waals surface area contributed by atoms with Gasteiger partial charge in [-0.15, -0.1) is 0 Å². The number of aromatic nitrogens is 4. The van der Waals surface area contributed by atoms with Crippen molar-refractivity contribution in [3.63, 3.8) is 0 Å². The molecule has 1 aliphatic rings. The summed E-state index contributed by atoms with van der Waals surface area (Å²) in [4.78, 5) is 21.5. The molecule has 1 aliphatic heterocycles. The molecule has 0 aromatic carbocycles. The zero-order valence-corrected chi connectivity index (χ0v) is 17.2. The van der Waals surface area contributed by atoms with E-state index in [0.717, 1.165) is 54.3 Å².